The van der Waals surface area contributed by atoms with Crippen LogP contribution in [0.3, 0.4) is 0 Å². The van der Waals surface area contributed by atoms with Crippen LogP contribution in [0.4, 0.5) is 0 Å². The maximum Gasteiger partial charge on any atom is 0.345 e. The number of hydrogen-bond acceptors (Lipinski definition) is 6. The van der Waals surface area contributed by atoms with Crippen molar-refractivity contribution in [2.24, 2.45) is 7.05 Å². The third-order valence-electron chi connectivity index (χ3n) is 7.56. The van der Waals surface area contributed by atoms with Gasteiger partial charge >= 0.3 is 5.97 Å². The Kier molecular flexibility index (Phi) is 6.22. The molecule has 2 aromatic heterocycles. The molecule has 0 bridgehead atoms. The van der Waals surface area contributed by atoms with Gasteiger partial charge in [0.2, 0.25) is 0 Å². The summed E-state index contributed by atoms with van der Waals surface area (Å²) in [4.78, 5) is 37.5. The lowest BCUT2D eigenvalue weighted by molar-refractivity contribution is 0.0690. The van der Waals surface area contributed by atoms with Gasteiger partial charge in [0.05, 0.1) is 32.2 Å². The van der Waals surface area contributed by atoms with E-state index in [1.165, 1.54) is 18.8 Å². The number of nitrogens with zero attached hydrogens (tertiary/aromatic N) is 2. The molecule has 38 heavy (non-hydrogen) atoms. The molecular weight excluding hydrogens is 488 g/mol. The smallest absolute Gasteiger partial charge is 0.345 e. The van der Waals surface area contributed by atoms with E-state index in [1.807, 2.05) is 23.7 Å². The van der Waals surface area contributed by atoms with Crippen LogP contribution in [-0.2, 0) is 20.0 Å². The first-order valence-electron chi connectivity index (χ1n) is 12.2. The van der Waals surface area contributed by atoms with Crippen LogP contribution in [0.25, 0.3) is 22.2 Å². The lowest BCUT2D eigenvalue weighted by Gasteiger charge is -2.21. The number of hydrogen-bond donors (Lipinski definition) is 2. The van der Waals surface area contributed by atoms with E-state index in [2.05, 4.69) is 6.92 Å². The second-order valence-corrected chi connectivity index (χ2v) is 9.61. The monoisotopic (exact) mass is 516 g/mol. The van der Waals surface area contributed by atoms with E-state index in [9.17, 15) is 24.6 Å². The zero-order valence-electron chi connectivity index (χ0n) is 21.6. The van der Waals surface area contributed by atoms with Crippen LogP contribution in [0.5, 0.6) is 17.2 Å². The molecule has 0 saturated heterocycles. The quantitative estimate of drug-likeness (QED) is 0.366. The van der Waals surface area contributed by atoms with Gasteiger partial charge < -0.3 is 28.8 Å². The van der Waals surface area contributed by atoms with E-state index < -0.39 is 22.8 Å². The van der Waals surface area contributed by atoms with Crippen LogP contribution in [-0.4, -0.2) is 45.8 Å². The van der Waals surface area contributed by atoms with Crippen molar-refractivity contribution in [3.8, 4) is 28.5 Å². The Bertz CT molecular complexity index is 1680. The number of rotatable bonds is 6. The molecule has 196 valence electrons. The first-order chi connectivity index (χ1) is 18.2. The predicted molar refractivity (Wildman–Crippen MR) is 142 cm³/mol. The molecule has 0 saturated carbocycles. The van der Waals surface area contributed by atoms with Gasteiger partial charge in [0.1, 0.15) is 17.2 Å². The van der Waals surface area contributed by atoms with Gasteiger partial charge in [-0.15, -0.1) is 0 Å². The van der Waals surface area contributed by atoms with Crippen LogP contribution in [0.2, 0.25) is 0 Å². The lowest BCUT2D eigenvalue weighted by Crippen LogP contribution is -2.30. The number of aromatic carboxylic acids is 1. The van der Waals surface area contributed by atoms with Crippen LogP contribution in [0.15, 0.2) is 41.2 Å². The van der Waals surface area contributed by atoms with Gasteiger partial charge in [0.25, 0.3) is 5.56 Å². The lowest BCUT2D eigenvalue weighted by atomic mass is 9.92. The van der Waals surface area contributed by atoms with Crippen molar-refractivity contribution in [3.63, 3.8) is 0 Å². The molecule has 5 rings (SSSR count). The Hall–Kier alpha value is -4.53. The number of methoxy groups -OCH3 is 2. The Labute approximate surface area is 218 Å². The second kappa shape index (κ2) is 9.41. The standard InChI is InChI=1S/C29H28N2O7/c1-15-5-8-20-26(22-10-17-9-18(14-32)30(2)23(17)12-21(15)22)31(28(34)25(27(20)33)29(35)36)13-16-6-7-19(37-3)11-24(16)38-4/h6-7,9-12,14-15,33H,5,8,13H2,1-4H3,(H,35,36). The Morgan fingerprint density at radius 3 is 2.58 bits per heavy atom. The number of carbonyl (C=O) groups excluding carboxylic acids is 1. The van der Waals surface area contributed by atoms with Gasteiger partial charge in [0, 0.05) is 40.7 Å². The van der Waals surface area contributed by atoms with Crippen LogP contribution in [0.1, 0.15) is 56.8 Å². The first-order valence-corrected chi connectivity index (χ1v) is 12.2. The molecule has 1 atom stereocenters. The normalized spacial score (nSPS) is 14.5. The van der Waals surface area contributed by atoms with E-state index in [4.69, 9.17) is 9.47 Å². The number of aromatic hydroxyl groups is 1. The Balaban J connectivity index is 1.87. The van der Waals surface area contributed by atoms with Gasteiger partial charge in [-0.25, -0.2) is 4.79 Å². The van der Waals surface area contributed by atoms with Crippen molar-refractivity contribution in [2.75, 3.05) is 14.2 Å². The fourth-order valence-corrected chi connectivity index (χ4v) is 5.47. The van der Waals surface area contributed by atoms with Crippen LogP contribution in [0, 0.1) is 0 Å². The Morgan fingerprint density at radius 1 is 1.16 bits per heavy atom. The van der Waals surface area contributed by atoms with Crippen LogP contribution < -0.4 is 15.0 Å². The Morgan fingerprint density at radius 2 is 1.92 bits per heavy atom. The number of ether oxygens (including phenoxy) is 2. The highest BCUT2D eigenvalue weighted by Gasteiger charge is 2.31. The molecule has 2 heterocycles. The number of aldehydes is 1. The third kappa shape index (κ3) is 3.82. The molecule has 0 amide bonds. The summed E-state index contributed by atoms with van der Waals surface area (Å²) in [5.41, 5.74) is 3.10. The maximum atomic E-state index is 13.7. The number of aromatic nitrogens is 2. The SMILES string of the molecule is COc1ccc(Cn2c3c(c(O)c(C(=O)O)c2=O)CCC(C)c2cc4c(cc2-3)cc(C=O)n4C)c(OC)c1. The molecule has 0 spiro atoms. The summed E-state index contributed by atoms with van der Waals surface area (Å²) in [6.07, 6.45) is 1.81. The van der Waals surface area contributed by atoms with Gasteiger partial charge in [-0.2, -0.15) is 0 Å². The van der Waals surface area contributed by atoms with Gasteiger partial charge in [0.15, 0.2) is 11.8 Å². The molecule has 2 aromatic carbocycles. The van der Waals surface area contributed by atoms with Crippen LogP contribution >= 0.6 is 0 Å². The molecule has 0 radical (unpaired) electrons. The molecule has 9 heteroatoms. The summed E-state index contributed by atoms with van der Waals surface area (Å²) in [6.45, 7) is 2.07. The van der Waals surface area contributed by atoms with Gasteiger partial charge in [-0.3, -0.25) is 9.59 Å². The maximum absolute atomic E-state index is 13.7. The zero-order valence-corrected chi connectivity index (χ0v) is 21.6. The molecule has 0 aliphatic heterocycles. The number of carbonyl (C=O) groups is 2. The minimum Gasteiger partial charge on any atom is -0.506 e. The average Bonchev–Trinajstić information content (AvgIpc) is 3.14. The highest BCUT2D eigenvalue weighted by molar-refractivity contribution is 5.95. The number of benzene rings is 2. The summed E-state index contributed by atoms with van der Waals surface area (Å²) in [7, 11) is 4.87. The largest absolute Gasteiger partial charge is 0.506 e. The second-order valence-electron chi connectivity index (χ2n) is 9.61. The van der Waals surface area contributed by atoms with Crippen molar-refractivity contribution in [1.82, 2.24) is 9.13 Å². The molecule has 1 aliphatic carbocycles. The molecule has 4 aromatic rings. The van der Waals surface area contributed by atoms with Gasteiger partial charge in [-0.1, -0.05) is 6.92 Å². The fraction of sp³-hybridized carbons (Fsp3) is 0.276. The highest BCUT2D eigenvalue weighted by Crippen LogP contribution is 2.43. The topological polar surface area (TPSA) is 120 Å². The van der Waals surface area contributed by atoms with Crippen molar-refractivity contribution in [2.45, 2.75) is 32.2 Å². The molecule has 1 unspecified atom stereocenters. The summed E-state index contributed by atoms with van der Waals surface area (Å²) in [5, 5.41) is 21.8. The number of fused-ring (bicyclic) bond motifs is 4. The van der Waals surface area contributed by atoms with Crippen molar-refractivity contribution < 1.29 is 29.3 Å². The van der Waals surface area contributed by atoms with E-state index in [0.29, 0.717) is 46.9 Å². The number of pyridine rings is 1. The number of carboxylic acid groups (broad SMARTS) is 1. The number of carboxylic acids is 1. The van der Waals surface area contributed by atoms with E-state index >= 15 is 0 Å². The zero-order chi connectivity index (χ0) is 27.3. The first kappa shape index (κ1) is 25.1. The molecule has 0 fully saturated rings. The molecule has 2 N–H and O–H groups in total. The highest BCUT2D eigenvalue weighted by atomic mass is 16.5. The molecule has 9 nitrogen and oxygen atoms in total. The minimum atomic E-state index is -1.49. The van der Waals surface area contributed by atoms with E-state index in [0.717, 1.165) is 28.3 Å². The van der Waals surface area contributed by atoms with E-state index in [1.54, 1.807) is 24.3 Å². The van der Waals surface area contributed by atoms with Crippen molar-refractivity contribution in [1.29, 1.82) is 0 Å². The van der Waals surface area contributed by atoms with Crippen molar-refractivity contribution >= 4 is 23.2 Å². The summed E-state index contributed by atoms with van der Waals surface area (Å²) in [5.74, 6) is -0.894. The predicted octanol–water partition coefficient (Wildman–Crippen LogP) is 4.34. The minimum absolute atomic E-state index is 0.00906. The number of aryl methyl sites for hydroxylation is 1. The molecule has 1 aliphatic rings. The van der Waals surface area contributed by atoms with E-state index in [-0.39, 0.29) is 12.5 Å². The van der Waals surface area contributed by atoms with Gasteiger partial charge in [-0.05, 0) is 54.7 Å². The fourth-order valence-electron chi connectivity index (χ4n) is 5.47. The average molecular weight is 517 g/mol. The summed E-state index contributed by atoms with van der Waals surface area (Å²) < 4.78 is 14.1. The third-order valence-corrected chi connectivity index (χ3v) is 7.56. The summed E-state index contributed by atoms with van der Waals surface area (Å²) >= 11 is 0. The summed E-state index contributed by atoms with van der Waals surface area (Å²) in [6, 6.07) is 10.9. The molecular formula is C29H28N2O7. The van der Waals surface area contributed by atoms with Crippen molar-refractivity contribution in [3.05, 3.63) is 74.7 Å².